The molecule has 3 rings (SSSR count). The number of carbonyl (C=O) groups is 2. The van der Waals surface area contributed by atoms with Crippen LogP contribution in [0.15, 0.2) is 24.3 Å². The SMILES string of the molecule is CCCN1CCN(c2cc(C(=O)O)c3cc(NC(=O)CC(C)C)ccc3n2)CC1. The molecule has 2 N–H and O–H groups in total. The lowest BCUT2D eigenvalue weighted by atomic mass is 10.1. The van der Waals surface area contributed by atoms with E-state index in [1.165, 1.54) is 0 Å². The van der Waals surface area contributed by atoms with E-state index in [0.29, 0.717) is 28.8 Å². The standard InChI is InChI=1S/C22H30N4O3/c1-4-7-25-8-10-26(11-9-25)20-14-18(22(28)29)17-13-16(5-6-19(17)24-20)23-21(27)12-15(2)3/h5-6,13-15H,4,7-12H2,1-3H3,(H,23,27)(H,28,29). The zero-order valence-electron chi connectivity index (χ0n) is 17.4. The summed E-state index contributed by atoms with van der Waals surface area (Å²) in [4.78, 5) is 33.3. The molecule has 0 saturated carbocycles. The summed E-state index contributed by atoms with van der Waals surface area (Å²) in [6, 6.07) is 6.92. The maximum atomic E-state index is 12.1. The molecule has 2 aromatic rings. The number of fused-ring (bicyclic) bond motifs is 1. The van der Waals surface area contributed by atoms with Crippen molar-refractivity contribution in [1.82, 2.24) is 9.88 Å². The monoisotopic (exact) mass is 398 g/mol. The lowest BCUT2D eigenvalue weighted by Gasteiger charge is -2.35. The van der Waals surface area contributed by atoms with Gasteiger partial charge in [0.15, 0.2) is 0 Å². The Kier molecular flexibility index (Phi) is 6.69. The number of hydrogen-bond donors (Lipinski definition) is 2. The van der Waals surface area contributed by atoms with Crippen molar-refractivity contribution in [1.29, 1.82) is 0 Å². The maximum Gasteiger partial charge on any atom is 0.336 e. The second-order valence-electron chi connectivity index (χ2n) is 8.04. The number of carboxylic acid groups (broad SMARTS) is 1. The van der Waals surface area contributed by atoms with Gasteiger partial charge in [-0.2, -0.15) is 0 Å². The summed E-state index contributed by atoms with van der Waals surface area (Å²) in [5.74, 6) is -0.116. The summed E-state index contributed by atoms with van der Waals surface area (Å²) in [6.45, 7) is 10.8. The number of carbonyl (C=O) groups excluding carboxylic acids is 1. The van der Waals surface area contributed by atoms with Gasteiger partial charge in [-0.15, -0.1) is 0 Å². The Hall–Kier alpha value is -2.67. The third kappa shape index (κ3) is 5.23. The van der Waals surface area contributed by atoms with E-state index in [1.54, 1.807) is 24.3 Å². The Balaban J connectivity index is 1.87. The second-order valence-corrected chi connectivity index (χ2v) is 8.04. The van der Waals surface area contributed by atoms with Crippen LogP contribution in [-0.2, 0) is 4.79 Å². The molecule has 0 radical (unpaired) electrons. The molecule has 7 nitrogen and oxygen atoms in total. The number of carboxylic acids is 1. The lowest BCUT2D eigenvalue weighted by Crippen LogP contribution is -2.46. The van der Waals surface area contributed by atoms with E-state index in [1.807, 2.05) is 13.8 Å². The Bertz CT molecular complexity index is 889. The fourth-order valence-electron chi connectivity index (χ4n) is 3.73. The summed E-state index contributed by atoms with van der Waals surface area (Å²) in [6.07, 6.45) is 1.55. The minimum atomic E-state index is -0.992. The van der Waals surface area contributed by atoms with E-state index in [2.05, 4.69) is 22.0 Å². The van der Waals surface area contributed by atoms with Crippen LogP contribution in [0.25, 0.3) is 10.9 Å². The highest BCUT2D eigenvalue weighted by molar-refractivity contribution is 6.05. The molecule has 1 amide bonds. The second kappa shape index (κ2) is 9.22. The normalized spacial score (nSPS) is 15.1. The Labute approximate surface area is 171 Å². The number of piperazine rings is 1. The zero-order chi connectivity index (χ0) is 21.0. The van der Waals surface area contributed by atoms with Gasteiger partial charge < -0.3 is 15.3 Å². The number of anilines is 2. The number of rotatable bonds is 7. The predicted molar refractivity (Wildman–Crippen MR) is 116 cm³/mol. The highest BCUT2D eigenvalue weighted by Crippen LogP contribution is 2.27. The predicted octanol–water partition coefficient (Wildman–Crippen LogP) is 3.45. The number of aromatic carboxylic acids is 1. The number of nitrogens with one attached hydrogen (secondary N) is 1. The van der Waals surface area contributed by atoms with Crippen molar-refractivity contribution in [3.63, 3.8) is 0 Å². The molecule has 156 valence electrons. The summed E-state index contributed by atoms with van der Waals surface area (Å²) < 4.78 is 0. The van der Waals surface area contributed by atoms with E-state index in [-0.39, 0.29) is 17.4 Å². The molecule has 1 aliphatic heterocycles. The van der Waals surface area contributed by atoms with Crippen LogP contribution in [0.1, 0.15) is 44.0 Å². The molecule has 2 heterocycles. The molecule has 0 unspecified atom stereocenters. The van der Waals surface area contributed by atoms with Crippen LogP contribution in [0.5, 0.6) is 0 Å². The van der Waals surface area contributed by atoms with E-state index < -0.39 is 5.97 Å². The summed E-state index contributed by atoms with van der Waals surface area (Å²) >= 11 is 0. The van der Waals surface area contributed by atoms with Crippen molar-refractivity contribution in [2.45, 2.75) is 33.6 Å². The quantitative estimate of drug-likeness (QED) is 0.743. The summed E-state index contributed by atoms with van der Waals surface area (Å²) in [7, 11) is 0. The molecule has 1 aliphatic rings. The highest BCUT2D eigenvalue weighted by atomic mass is 16.4. The first kappa shape index (κ1) is 21.0. The average Bonchev–Trinajstić information content (AvgIpc) is 2.67. The van der Waals surface area contributed by atoms with Crippen LogP contribution in [0.3, 0.4) is 0 Å². The molecule has 29 heavy (non-hydrogen) atoms. The van der Waals surface area contributed by atoms with Gasteiger partial charge in [-0.25, -0.2) is 9.78 Å². The summed E-state index contributed by atoms with van der Waals surface area (Å²) in [5, 5.41) is 13.2. The van der Waals surface area contributed by atoms with Crippen molar-refractivity contribution in [3.05, 3.63) is 29.8 Å². The first-order chi connectivity index (χ1) is 13.9. The van der Waals surface area contributed by atoms with Gasteiger partial charge in [-0.3, -0.25) is 9.69 Å². The minimum Gasteiger partial charge on any atom is -0.478 e. The van der Waals surface area contributed by atoms with Gasteiger partial charge in [-0.05, 0) is 43.1 Å². The van der Waals surface area contributed by atoms with Crippen LogP contribution in [-0.4, -0.2) is 59.6 Å². The van der Waals surface area contributed by atoms with Crippen molar-refractivity contribution in [2.24, 2.45) is 5.92 Å². The average molecular weight is 399 g/mol. The van der Waals surface area contributed by atoms with Crippen LogP contribution in [0, 0.1) is 5.92 Å². The fourth-order valence-corrected chi connectivity index (χ4v) is 3.73. The maximum absolute atomic E-state index is 12.1. The van der Waals surface area contributed by atoms with Crippen LogP contribution in [0.2, 0.25) is 0 Å². The number of benzene rings is 1. The van der Waals surface area contributed by atoms with Gasteiger partial charge in [0, 0.05) is 43.7 Å². The van der Waals surface area contributed by atoms with E-state index in [9.17, 15) is 14.7 Å². The lowest BCUT2D eigenvalue weighted by molar-refractivity contribution is -0.116. The molecular formula is C22H30N4O3. The van der Waals surface area contributed by atoms with E-state index >= 15 is 0 Å². The number of aromatic nitrogens is 1. The molecule has 0 atom stereocenters. The largest absolute Gasteiger partial charge is 0.478 e. The zero-order valence-corrected chi connectivity index (χ0v) is 17.4. The van der Waals surface area contributed by atoms with Gasteiger partial charge >= 0.3 is 5.97 Å². The Morgan fingerprint density at radius 2 is 1.90 bits per heavy atom. The molecule has 0 bridgehead atoms. The number of pyridine rings is 1. The van der Waals surface area contributed by atoms with E-state index in [4.69, 9.17) is 4.98 Å². The minimum absolute atomic E-state index is 0.0780. The first-order valence-corrected chi connectivity index (χ1v) is 10.3. The fraction of sp³-hybridized carbons (Fsp3) is 0.500. The Morgan fingerprint density at radius 3 is 2.52 bits per heavy atom. The molecule has 1 aromatic carbocycles. The van der Waals surface area contributed by atoms with Gasteiger partial charge in [-0.1, -0.05) is 20.8 Å². The van der Waals surface area contributed by atoms with E-state index in [0.717, 1.165) is 39.1 Å². The molecule has 0 aliphatic carbocycles. The third-order valence-corrected chi connectivity index (χ3v) is 5.14. The van der Waals surface area contributed by atoms with Gasteiger partial charge in [0.25, 0.3) is 0 Å². The molecule has 7 heteroatoms. The van der Waals surface area contributed by atoms with Crippen LogP contribution in [0.4, 0.5) is 11.5 Å². The Morgan fingerprint density at radius 1 is 1.17 bits per heavy atom. The number of hydrogen-bond acceptors (Lipinski definition) is 5. The molecule has 1 aromatic heterocycles. The molecule has 0 spiro atoms. The molecular weight excluding hydrogens is 368 g/mol. The van der Waals surface area contributed by atoms with Crippen molar-refractivity contribution >= 4 is 34.3 Å². The number of nitrogens with zero attached hydrogens (tertiary/aromatic N) is 3. The van der Waals surface area contributed by atoms with Crippen LogP contribution >= 0.6 is 0 Å². The first-order valence-electron chi connectivity index (χ1n) is 10.3. The number of amides is 1. The van der Waals surface area contributed by atoms with Gasteiger partial charge in [0.1, 0.15) is 5.82 Å². The molecule has 1 fully saturated rings. The molecule has 1 saturated heterocycles. The summed E-state index contributed by atoms with van der Waals surface area (Å²) in [5.41, 5.74) is 1.42. The van der Waals surface area contributed by atoms with Gasteiger partial charge in [0.2, 0.25) is 5.91 Å². The van der Waals surface area contributed by atoms with Crippen molar-refractivity contribution < 1.29 is 14.7 Å². The topological polar surface area (TPSA) is 85.8 Å². The highest BCUT2D eigenvalue weighted by Gasteiger charge is 2.20. The van der Waals surface area contributed by atoms with Crippen molar-refractivity contribution in [3.8, 4) is 0 Å². The van der Waals surface area contributed by atoms with Gasteiger partial charge in [0.05, 0.1) is 11.1 Å². The smallest absolute Gasteiger partial charge is 0.336 e. The van der Waals surface area contributed by atoms with Crippen LogP contribution < -0.4 is 10.2 Å². The van der Waals surface area contributed by atoms with Crippen molar-refractivity contribution in [2.75, 3.05) is 42.9 Å². The third-order valence-electron chi connectivity index (χ3n) is 5.14.